The molecule has 3 rings (SSSR count). The second kappa shape index (κ2) is 8.50. The number of nitrogens with one attached hydrogen (secondary N) is 2. The summed E-state index contributed by atoms with van der Waals surface area (Å²) in [7, 11) is 0. The van der Waals surface area contributed by atoms with E-state index in [0.29, 0.717) is 16.4 Å². The fourth-order valence-electron chi connectivity index (χ4n) is 2.63. The zero-order valence-corrected chi connectivity index (χ0v) is 16.8. The summed E-state index contributed by atoms with van der Waals surface area (Å²) in [5.74, 6) is 0.192. The number of rotatable bonds is 5. The Morgan fingerprint density at radius 3 is 2.67 bits per heavy atom. The minimum absolute atomic E-state index is 0.0401. The molecule has 27 heavy (non-hydrogen) atoms. The average molecular weight is 447 g/mol. The van der Waals surface area contributed by atoms with Crippen molar-refractivity contribution in [2.75, 3.05) is 0 Å². The number of benzene rings is 2. The van der Waals surface area contributed by atoms with Gasteiger partial charge in [-0.25, -0.2) is 4.98 Å². The number of carbonyl (C=O) groups excluding carboxylic acids is 1. The monoisotopic (exact) mass is 445 g/mol. The molecule has 1 amide bonds. The van der Waals surface area contributed by atoms with E-state index >= 15 is 0 Å². The number of aromatic nitrogens is 2. The molecule has 3 aromatic rings. The number of halogens is 2. The van der Waals surface area contributed by atoms with Crippen LogP contribution in [0, 0.1) is 0 Å². The summed E-state index contributed by atoms with van der Waals surface area (Å²) >= 11 is 9.28. The fourth-order valence-corrected chi connectivity index (χ4v) is 3.17. The molecule has 1 atom stereocenters. The van der Waals surface area contributed by atoms with E-state index in [1.807, 2.05) is 31.2 Å². The Hall–Kier alpha value is -2.44. The van der Waals surface area contributed by atoms with Crippen molar-refractivity contribution in [2.45, 2.75) is 19.4 Å². The molecule has 0 spiro atoms. The van der Waals surface area contributed by atoms with Gasteiger partial charge in [-0.3, -0.25) is 9.59 Å². The predicted octanol–water partition coefficient (Wildman–Crippen LogP) is 4.27. The van der Waals surface area contributed by atoms with Crippen molar-refractivity contribution in [1.29, 1.82) is 0 Å². The standard InChI is InChI=1S/C20H17BrClN3O2/c1-12(14-3-2-4-16(21)9-14)24-18(26)10-15-11-23-19(25-20(15)27)13-5-7-17(22)8-6-13/h2-9,11-12H,10H2,1H3,(H,24,26)(H,23,25,27)/t12-/m1/s1. The maximum Gasteiger partial charge on any atom is 0.254 e. The largest absolute Gasteiger partial charge is 0.349 e. The van der Waals surface area contributed by atoms with Gasteiger partial charge in [-0.05, 0) is 48.9 Å². The van der Waals surface area contributed by atoms with Gasteiger partial charge in [0.15, 0.2) is 0 Å². The molecule has 2 aromatic carbocycles. The van der Waals surface area contributed by atoms with Crippen molar-refractivity contribution in [3.05, 3.63) is 85.7 Å². The lowest BCUT2D eigenvalue weighted by Gasteiger charge is -2.14. The van der Waals surface area contributed by atoms with Crippen molar-refractivity contribution in [3.8, 4) is 11.4 Å². The summed E-state index contributed by atoms with van der Waals surface area (Å²) in [6, 6.07) is 14.5. The van der Waals surface area contributed by atoms with Crippen molar-refractivity contribution < 1.29 is 4.79 Å². The van der Waals surface area contributed by atoms with Gasteiger partial charge >= 0.3 is 0 Å². The lowest BCUT2D eigenvalue weighted by molar-refractivity contribution is -0.121. The van der Waals surface area contributed by atoms with Crippen LogP contribution >= 0.6 is 27.5 Å². The number of nitrogens with zero attached hydrogens (tertiary/aromatic N) is 1. The molecule has 0 aliphatic heterocycles. The number of amides is 1. The molecular weight excluding hydrogens is 430 g/mol. The maximum atomic E-state index is 12.3. The number of carbonyl (C=O) groups is 1. The van der Waals surface area contributed by atoms with E-state index in [9.17, 15) is 9.59 Å². The molecule has 7 heteroatoms. The molecule has 1 aromatic heterocycles. The zero-order valence-electron chi connectivity index (χ0n) is 14.5. The highest BCUT2D eigenvalue weighted by Gasteiger charge is 2.13. The predicted molar refractivity (Wildman–Crippen MR) is 110 cm³/mol. The van der Waals surface area contributed by atoms with Gasteiger partial charge < -0.3 is 10.3 Å². The van der Waals surface area contributed by atoms with Gasteiger partial charge in [-0.1, -0.05) is 39.7 Å². The smallest absolute Gasteiger partial charge is 0.254 e. The normalized spacial score (nSPS) is 11.8. The average Bonchev–Trinajstić information content (AvgIpc) is 2.64. The summed E-state index contributed by atoms with van der Waals surface area (Å²) in [5.41, 5.74) is 1.70. The number of hydrogen-bond acceptors (Lipinski definition) is 3. The summed E-state index contributed by atoms with van der Waals surface area (Å²) in [6.07, 6.45) is 1.40. The summed E-state index contributed by atoms with van der Waals surface area (Å²) in [4.78, 5) is 31.6. The van der Waals surface area contributed by atoms with Crippen molar-refractivity contribution in [2.24, 2.45) is 0 Å². The van der Waals surface area contributed by atoms with Gasteiger partial charge in [0, 0.05) is 26.8 Å². The van der Waals surface area contributed by atoms with Crippen LogP contribution in [0.3, 0.4) is 0 Å². The van der Waals surface area contributed by atoms with Gasteiger partial charge in [0.1, 0.15) is 5.82 Å². The van der Waals surface area contributed by atoms with Crippen LogP contribution in [0.25, 0.3) is 11.4 Å². The van der Waals surface area contributed by atoms with Crippen molar-refractivity contribution in [3.63, 3.8) is 0 Å². The van der Waals surface area contributed by atoms with Crippen LogP contribution in [-0.4, -0.2) is 15.9 Å². The van der Waals surface area contributed by atoms with Crippen LogP contribution in [0.15, 0.2) is 64.0 Å². The van der Waals surface area contributed by atoms with Gasteiger partial charge in [-0.2, -0.15) is 0 Å². The van der Waals surface area contributed by atoms with Crippen molar-refractivity contribution >= 4 is 33.4 Å². The van der Waals surface area contributed by atoms with E-state index in [1.54, 1.807) is 24.3 Å². The summed E-state index contributed by atoms with van der Waals surface area (Å²) in [5, 5.41) is 3.50. The van der Waals surface area contributed by atoms with Crippen LogP contribution in [-0.2, 0) is 11.2 Å². The molecule has 0 unspecified atom stereocenters. The highest BCUT2D eigenvalue weighted by atomic mass is 79.9. The molecule has 2 N–H and O–H groups in total. The molecular formula is C20H17BrClN3O2. The van der Waals surface area contributed by atoms with Crippen LogP contribution in [0.5, 0.6) is 0 Å². The van der Waals surface area contributed by atoms with Gasteiger partial charge in [0.05, 0.1) is 12.5 Å². The lowest BCUT2D eigenvalue weighted by atomic mass is 10.1. The van der Waals surface area contributed by atoms with Crippen LogP contribution in [0.2, 0.25) is 5.02 Å². The minimum atomic E-state index is -0.333. The Morgan fingerprint density at radius 2 is 2.00 bits per heavy atom. The van der Waals surface area contributed by atoms with E-state index in [-0.39, 0.29) is 23.9 Å². The fraction of sp³-hybridized carbons (Fsp3) is 0.150. The van der Waals surface area contributed by atoms with Gasteiger partial charge in [0.2, 0.25) is 5.91 Å². The number of hydrogen-bond donors (Lipinski definition) is 2. The SMILES string of the molecule is C[C@@H](NC(=O)Cc1cnc(-c2ccc(Cl)cc2)[nH]c1=O)c1cccc(Br)c1. The molecule has 138 valence electrons. The van der Waals surface area contributed by atoms with Crippen LogP contribution < -0.4 is 10.9 Å². The molecule has 0 radical (unpaired) electrons. The first-order valence-electron chi connectivity index (χ1n) is 8.31. The minimum Gasteiger partial charge on any atom is -0.349 e. The molecule has 0 saturated carbocycles. The van der Waals surface area contributed by atoms with Gasteiger partial charge in [0.25, 0.3) is 5.56 Å². The zero-order chi connectivity index (χ0) is 19.4. The Morgan fingerprint density at radius 1 is 1.26 bits per heavy atom. The first-order chi connectivity index (χ1) is 12.9. The number of H-pyrrole nitrogens is 1. The Labute approximate surface area is 169 Å². The molecule has 0 aliphatic carbocycles. The van der Waals surface area contributed by atoms with Crippen LogP contribution in [0.1, 0.15) is 24.1 Å². The Balaban J connectivity index is 1.69. The Kier molecular flexibility index (Phi) is 6.08. The first-order valence-corrected chi connectivity index (χ1v) is 9.48. The molecule has 0 fully saturated rings. The van der Waals surface area contributed by atoms with Crippen LogP contribution in [0.4, 0.5) is 0 Å². The van der Waals surface area contributed by atoms with Gasteiger partial charge in [-0.15, -0.1) is 0 Å². The second-order valence-corrected chi connectivity index (χ2v) is 7.47. The third-order valence-electron chi connectivity index (χ3n) is 4.07. The van der Waals surface area contributed by atoms with E-state index in [4.69, 9.17) is 11.6 Å². The Bertz CT molecular complexity index is 1020. The molecule has 1 heterocycles. The molecule has 0 aliphatic rings. The highest BCUT2D eigenvalue weighted by molar-refractivity contribution is 9.10. The lowest BCUT2D eigenvalue weighted by Crippen LogP contribution is -2.30. The molecule has 0 saturated heterocycles. The summed E-state index contributed by atoms with van der Waals surface area (Å²) in [6.45, 7) is 1.89. The highest BCUT2D eigenvalue weighted by Crippen LogP contribution is 2.18. The van der Waals surface area contributed by atoms with E-state index < -0.39 is 0 Å². The third-order valence-corrected chi connectivity index (χ3v) is 4.81. The second-order valence-electron chi connectivity index (χ2n) is 6.11. The topological polar surface area (TPSA) is 74.8 Å². The third kappa shape index (κ3) is 5.05. The van der Waals surface area contributed by atoms with E-state index in [2.05, 4.69) is 31.2 Å². The summed E-state index contributed by atoms with van der Waals surface area (Å²) < 4.78 is 0.944. The van der Waals surface area contributed by atoms with E-state index in [0.717, 1.165) is 15.6 Å². The molecule has 0 bridgehead atoms. The first kappa shape index (κ1) is 19.3. The maximum absolute atomic E-state index is 12.3. The quantitative estimate of drug-likeness (QED) is 0.614. The van der Waals surface area contributed by atoms with Crippen molar-refractivity contribution in [1.82, 2.24) is 15.3 Å². The number of aromatic amines is 1. The van der Waals surface area contributed by atoms with E-state index in [1.165, 1.54) is 6.20 Å². The molecule has 5 nitrogen and oxygen atoms in total.